The van der Waals surface area contributed by atoms with E-state index in [1.54, 1.807) is 24.3 Å². The minimum absolute atomic E-state index is 0.252. The second-order valence-electron chi connectivity index (χ2n) is 4.73. The third-order valence-corrected chi connectivity index (χ3v) is 3.29. The lowest BCUT2D eigenvalue weighted by molar-refractivity contribution is -0.137. The predicted octanol–water partition coefficient (Wildman–Crippen LogP) is 3.81. The molecule has 108 valence electrons. The quantitative estimate of drug-likeness (QED) is 0.883. The highest BCUT2D eigenvalue weighted by Gasteiger charge is 2.32. The first-order chi connectivity index (χ1) is 9.95. The Morgan fingerprint density at radius 2 is 1.81 bits per heavy atom. The van der Waals surface area contributed by atoms with Crippen molar-refractivity contribution in [3.63, 3.8) is 0 Å². The zero-order valence-corrected chi connectivity index (χ0v) is 10.7. The fourth-order valence-electron chi connectivity index (χ4n) is 2.30. The average Bonchev–Trinajstić information content (AvgIpc) is 2.75. The van der Waals surface area contributed by atoms with E-state index in [4.69, 9.17) is 0 Å². The Labute approximate surface area is 118 Å². The van der Waals surface area contributed by atoms with E-state index in [9.17, 15) is 18.0 Å². The minimum atomic E-state index is -4.41. The Balaban J connectivity index is 1.89. The van der Waals surface area contributed by atoms with E-state index >= 15 is 0 Å². The molecular weight excluding hydrogens is 281 g/mol. The van der Waals surface area contributed by atoms with Crippen LogP contribution < -0.4 is 10.6 Å². The number of carbonyl (C=O) groups excluding carboxylic acids is 1. The summed E-state index contributed by atoms with van der Waals surface area (Å²) in [7, 11) is 0. The summed E-state index contributed by atoms with van der Waals surface area (Å²) in [5.74, 6) is -0.284. The summed E-state index contributed by atoms with van der Waals surface area (Å²) in [5.41, 5.74) is 0.896. The van der Waals surface area contributed by atoms with Gasteiger partial charge < -0.3 is 10.6 Å². The number of halogens is 3. The molecule has 1 heterocycles. The molecule has 2 aromatic rings. The zero-order valence-electron chi connectivity index (χ0n) is 10.7. The van der Waals surface area contributed by atoms with Crippen LogP contribution in [-0.4, -0.2) is 5.91 Å². The molecule has 2 N–H and O–H groups in total. The fraction of sp³-hybridized carbons (Fsp3) is 0.133. The Morgan fingerprint density at radius 1 is 1.05 bits per heavy atom. The smallest absolute Gasteiger partial charge is 0.370 e. The number of benzene rings is 2. The van der Waals surface area contributed by atoms with Crippen molar-refractivity contribution >= 4 is 17.3 Å². The zero-order chi connectivity index (χ0) is 15.0. The van der Waals surface area contributed by atoms with Crippen LogP contribution in [-0.2, 0) is 11.0 Å². The largest absolute Gasteiger partial charge is 0.416 e. The average molecular weight is 292 g/mol. The standard InChI is InChI=1S/C15H11F3N2O/c16-15(17,18)9-4-3-5-10(8-9)19-13-11-6-1-2-7-12(11)20-14(13)21/h1-8,13,19H,(H,20,21). The van der Waals surface area contributed by atoms with E-state index in [0.29, 0.717) is 5.69 Å². The van der Waals surface area contributed by atoms with Crippen molar-refractivity contribution < 1.29 is 18.0 Å². The third kappa shape index (κ3) is 2.56. The molecule has 1 atom stereocenters. The maximum Gasteiger partial charge on any atom is 0.416 e. The SMILES string of the molecule is O=C1Nc2ccccc2C1Nc1cccc(C(F)(F)F)c1. The molecule has 1 aliphatic heterocycles. The molecule has 0 bridgehead atoms. The second-order valence-corrected chi connectivity index (χ2v) is 4.73. The van der Waals surface area contributed by atoms with Crippen LogP contribution >= 0.6 is 0 Å². The molecule has 1 aliphatic rings. The number of anilines is 2. The summed E-state index contributed by atoms with van der Waals surface area (Å²) in [6, 6.07) is 11.2. The highest BCUT2D eigenvalue weighted by atomic mass is 19.4. The molecular formula is C15H11F3N2O. The van der Waals surface area contributed by atoms with Gasteiger partial charge in [-0.1, -0.05) is 24.3 Å². The topological polar surface area (TPSA) is 41.1 Å². The number of para-hydroxylation sites is 1. The predicted molar refractivity (Wildman–Crippen MR) is 72.9 cm³/mol. The molecule has 1 amide bonds. The van der Waals surface area contributed by atoms with Gasteiger partial charge >= 0.3 is 6.18 Å². The molecule has 0 fully saturated rings. The molecule has 0 aliphatic carbocycles. The van der Waals surface area contributed by atoms with Crippen molar-refractivity contribution in [2.24, 2.45) is 0 Å². The van der Waals surface area contributed by atoms with Gasteiger partial charge in [-0.3, -0.25) is 4.79 Å². The summed E-state index contributed by atoms with van der Waals surface area (Å²) in [5, 5.41) is 5.54. The molecule has 0 radical (unpaired) electrons. The normalized spacial score (nSPS) is 17.3. The fourth-order valence-corrected chi connectivity index (χ4v) is 2.30. The van der Waals surface area contributed by atoms with Gasteiger partial charge in [0, 0.05) is 16.9 Å². The molecule has 2 aromatic carbocycles. The number of fused-ring (bicyclic) bond motifs is 1. The first-order valence-corrected chi connectivity index (χ1v) is 6.29. The van der Waals surface area contributed by atoms with E-state index < -0.39 is 17.8 Å². The molecule has 6 heteroatoms. The third-order valence-electron chi connectivity index (χ3n) is 3.29. The number of alkyl halides is 3. The number of nitrogens with one attached hydrogen (secondary N) is 2. The lowest BCUT2D eigenvalue weighted by Crippen LogP contribution is -2.20. The van der Waals surface area contributed by atoms with E-state index in [1.165, 1.54) is 12.1 Å². The van der Waals surface area contributed by atoms with Gasteiger partial charge in [0.1, 0.15) is 6.04 Å². The van der Waals surface area contributed by atoms with Crippen molar-refractivity contribution in [3.8, 4) is 0 Å². The number of rotatable bonds is 2. The Bertz CT molecular complexity index is 697. The maximum absolute atomic E-state index is 12.7. The maximum atomic E-state index is 12.7. The summed E-state index contributed by atoms with van der Waals surface area (Å²) in [6.45, 7) is 0. The van der Waals surface area contributed by atoms with Crippen molar-refractivity contribution in [1.82, 2.24) is 0 Å². The molecule has 3 nitrogen and oxygen atoms in total. The summed E-state index contributed by atoms with van der Waals surface area (Å²) in [4.78, 5) is 11.9. The molecule has 3 rings (SSSR count). The first-order valence-electron chi connectivity index (χ1n) is 6.29. The van der Waals surface area contributed by atoms with Gasteiger partial charge in [0.2, 0.25) is 0 Å². The van der Waals surface area contributed by atoms with Crippen LogP contribution in [0.2, 0.25) is 0 Å². The van der Waals surface area contributed by atoms with Crippen LogP contribution in [0.25, 0.3) is 0 Å². The lowest BCUT2D eigenvalue weighted by atomic mass is 10.1. The van der Waals surface area contributed by atoms with Gasteiger partial charge in [-0.25, -0.2) is 0 Å². The first kappa shape index (κ1) is 13.5. The summed E-state index contributed by atoms with van der Waals surface area (Å²) in [6.07, 6.45) is -4.41. The molecule has 1 unspecified atom stereocenters. The lowest BCUT2D eigenvalue weighted by Gasteiger charge is -2.14. The van der Waals surface area contributed by atoms with Crippen LogP contribution in [0.1, 0.15) is 17.2 Å². The highest BCUT2D eigenvalue weighted by molar-refractivity contribution is 6.04. The molecule has 0 spiro atoms. The van der Waals surface area contributed by atoms with Gasteiger partial charge in [-0.15, -0.1) is 0 Å². The molecule has 0 aromatic heterocycles. The van der Waals surface area contributed by atoms with E-state index in [-0.39, 0.29) is 11.6 Å². The van der Waals surface area contributed by atoms with Crippen molar-refractivity contribution in [2.45, 2.75) is 12.2 Å². The Morgan fingerprint density at radius 3 is 2.57 bits per heavy atom. The van der Waals surface area contributed by atoms with Crippen LogP contribution in [0.4, 0.5) is 24.5 Å². The van der Waals surface area contributed by atoms with Gasteiger partial charge in [-0.05, 0) is 24.3 Å². The van der Waals surface area contributed by atoms with Crippen LogP contribution in [0.3, 0.4) is 0 Å². The van der Waals surface area contributed by atoms with Crippen LogP contribution in [0.5, 0.6) is 0 Å². The van der Waals surface area contributed by atoms with Crippen molar-refractivity contribution in [2.75, 3.05) is 10.6 Å². The van der Waals surface area contributed by atoms with Gasteiger partial charge in [-0.2, -0.15) is 13.2 Å². The number of amides is 1. The van der Waals surface area contributed by atoms with Crippen LogP contribution in [0, 0.1) is 0 Å². The molecule has 0 saturated carbocycles. The minimum Gasteiger partial charge on any atom is -0.370 e. The second kappa shape index (κ2) is 4.80. The van der Waals surface area contributed by atoms with E-state index in [2.05, 4.69) is 10.6 Å². The van der Waals surface area contributed by atoms with Crippen molar-refractivity contribution in [3.05, 3.63) is 59.7 Å². The number of carbonyl (C=O) groups is 1. The summed E-state index contributed by atoms with van der Waals surface area (Å²) >= 11 is 0. The monoisotopic (exact) mass is 292 g/mol. The molecule has 21 heavy (non-hydrogen) atoms. The summed E-state index contributed by atoms with van der Waals surface area (Å²) < 4.78 is 38.1. The number of hydrogen-bond donors (Lipinski definition) is 2. The number of hydrogen-bond acceptors (Lipinski definition) is 2. The van der Waals surface area contributed by atoms with Crippen molar-refractivity contribution in [1.29, 1.82) is 0 Å². The molecule has 0 saturated heterocycles. The van der Waals surface area contributed by atoms with Crippen LogP contribution in [0.15, 0.2) is 48.5 Å². The highest BCUT2D eigenvalue weighted by Crippen LogP contribution is 2.35. The van der Waals surface area contributed by atoms with Gasteiger partial charge in [0.05, 0.1) is 5.56 Å². The van der Waals surface area contributed by atoms with Gasteiger partial charge in [0.15, 0.2) is 0 Å². The Kier molecular flexibility index (Phi) is 3.08. The van der Waals surface area contributed by atoms with Gasteiger partial charge in [0.25, 0.3) is 5.91 Å². The Hall–Kier alpha value is -2.50. The van der Waals surface area contributed by atoms with E-state index in [0.717, 1.165) is 17.7 Å². The van der Waals surface area contributed by atoms with E-state index in [1.807, 2.05) is 0 Å².